The van der Waals surface area contributed by atoms with E-state index in [1.807, 2.05) is 24.3 Å². The number of hydrogen-bond donors (Lipinski definition) is 2. The zero-order chi connectivity index (χ0) is 18.4. The average Bonchev–Trinajstić information content (AvgIpc) is 3.10. The molecule has 0 radical (unpaired) electrons. The molecule has 0 fully saturated rings. The summed E-state index contributed by atoms with van der Waals surface area (Å²) in [6, 6.07) is 9.08. The Hall–Kier alpha value is -3.00. The maximum Gasteiger partial charge on any atom is 0.261 e. The smallest absolute Gasteiger partial charge is 0.261 e. The highest BCUT2D eigenvalue weighted by atomic mass is 16.5. The van der Waals surface area contributed by atoms with Crippen molar-refractivity contribution in [3.05, 3.63) is 58.4 Å². The van der Waals surface area contributed by atoms with Crippen molar-refractivity contribution in [1.82, 2.24) is 25.1 Å². The van der Waals surface area contributed by atoms with Crippen molar-refractivity contribution in [3.63, 3.8) is 0 Å². The van der Waals surface area contributed by atoms with Gasteiger partial charge in [-0.15, -0.1) is 0 Å². The molecular weight excluding hydrogens is 334 g/mol. The van der Waals surface area contributed by atoms with E-state index in [4.69, 9.17) is 4.74 Å². The number of carbonyl (C=O) groups excluding carboxylic acids is 1. The fourth-order valence-electron chi connectivity index (χ4n) is 2.68. The highest BCUT2D eigenvalue weighted by Crippen LogP contribution is 2.05. The number of methoxy groups -OCH3 is 1. The Balaban J connectivity index is 1.47. The van der Waals surface area contributed by atoms with Gasteiger partial charge in [0.05, 0.1) is 41.8 Å². The van der Waals surface area contributed by atoms with Crippen LogP contribution in [0.25, 0.3) is 10.9 Å². The van der Waals surface area contributed by atoms with E-state index in [0.29, 0.717) is 43.4 Å². The number of H-pyrrole nitrogens is 1. The van der Waals surface area contributed by atoms with Crippen LogP contribution in [0.15, 0.2) is 41.5 Å². The first-order chi connectivity index (χ1) is 12.7. The first-order valence-corrected chi connectivity index (χ1v) is 8.40. The van der Waals surface area contributed by atoms with Gasteiger partial charge in [-0.05, 0) is 24.6 Å². The number of benzene rings is 1. The molecule has 0 bridgehead atoms. The first kappa shape index (κ1) is 17.8. The van der Waals surface area contributed by atoms with Crippen molar-refractivity contribution < 1.29 is 9.53 Å². The number of nitrogens with one attached hydrogen (secondary N) is 2. The number of nitrogens with zero attached hydrogens (tertiary/aromatic N) is 3. The van der Waals surface area contributed by atoms with Crippen LogP contribution in [0, 0.1) is 0 Å². The lowest BCUT2D eigenvalue weighted by Gasteiger charge is -2.07. The Bertz CT molecular complexity index is 947. The number of hydrogen-bond acceptors (Lipinski definition) is 5. The molecular formula is C18H21N5O3. The molecule has 0 aliphatic carbocycles. The monoisotopic (exact) mass is 355 g/mol. The zero-order valence-corrected chi connectivity index (χ0v) is 14.6. The molecule has 3 rings (SSSR count). The zero-order valence-electron chi connectivity index (χ0n) is 14.6. The van der Waals surface area contributed by atoms with Crippen molar-refractivity contribution in [2.75, 3.05) is 7.11 Å². The standard InChI is InChI=1S/C18H21N5O3/c1-26-11-14-9-13(21-22-14)10-19-17(24)7-4-8-23-12-20-16-6-3-2-5-15(16)18(23)25/h2-3,5-6,9,12H,4,7-8,10-11H2,1H3,(H,19,24)(H,21,22). The average molecular weight is 355 g/mol. The third-order valence-corrected chi connectivity index (χ3v) is 3.99. The van der Waals surface area contributed by atoms with E-state index in [1.165, 1.54) is 6.33 Å². The van der Waals surface area contributed by atoms with Crippen LogP contribution in [0.2, 0.25) is 0 Å². The SMILES string of the molecule is COCc1cc(CNC(=O)CCCn2cnc3ccccc3c2=O)[nH]n1. The van der Waals surface area contributed by atoms with Crippen molar-refractivity contribution >= 4 is 16.8 Å². The molecule has 8 nitrogen and oxygen atoms in total. The number of aryl methyl sites for hydroxylation is 1. The summed E-state index contributed by atoms with van der Waals surface area (Å²) in [5, 5.41) is 10.3. The van der Waals surface area contributed by atoms with Gasteiger partial charge in [0.15, 0.2) is 0 Å². The lowest BCUT2D eigenvalue weighted by Crippen LogP contribution is -2.25. The summed E-state index contributed by atoms with van der Waals surface area (Å²) in [5.41, 5.74) is 2.21. The molecule has 2 aromatic heterocycles. The van der Waals surface area contributed by atoms with E-state index in [0.717, 1.165) is 11.4 Å². The van der Waals surface area contributed by atoms with Crippen LogP contribution in [0.1, 0.15) is 24.2 Å². The van der Waals surface area contributed by atoms with Crippen molar-refractivity contribution in [3.8, 4) is 0 Å². The Morgan fingerprint density at radius 3 is 3.04 bits per heavy atom. The quantitative estimate of drug-likeness (QED) is 0.635. The second-order valence-electron chi connectivity index (χ2n) is 5.96. The van der Waals surface area contributed by atoms with Gasteiger partial charge in [0.2, 0.25) is 5.91 Å². The minimum atomic E-state index is -0.0841. The number of amides is 1. The number of aromatic amines is 1. The van der Waals surface area contributed by atoms with Gasteiger partial charge >= 0.3 is 0 Å². The molecule has 1 amide bonds. The number of aromatic nitrogens is 4. The van der Waals surface area contributed by atoms with E-state index in [9.17, 15) is 9.59 Å². The second kappa shape index (κ2) is 8.39. The first-order valence-electron chi connectivity index (χ1n) is 8.40. The summed E-state index contributed by atoms with van der Waals surface area (Å²) in [5.74, 6) is -0.0744. The molecule has 26 heavy (non-hydrogen) atoms. The summed E-state index contributed by atoms with van der Waals surface area (Å²) in [4.78, 5) is 28.6. The summed E-state index contributed by atoms with van der Waals surface area (Å²) in [7, 11) is 1.60. The molecule has 0 saturated heterocycles. The summed E-state index contributed by atoms with van der Waals surface area (Å²) in [6.07, 6.45) is 2.42. The maximum absolute atomic E-state index is 12.4. The van der Waals surface area contributed by atoms with Crippen LogP contribution in [0.3, 0.4) is 0 Å². The van der Waals surface area contributed by atoms with Gasteiger partial charge < -0.3 is 10.1 Å². The molecule has 2 N–H and O–H groups in total. The normalized spacial score (nSPS) is 11.0. The van der Waals surface area contributed by atoms with Crippen molar-refractivity contribution in [2.45, 2.75) is 32.5 Å². The van der Waals surface area contributed by atoms with Gasteiger partial charge in [0.25, 0.3) is 5.56 Å². The van der Waals surface area contributed by atoms with Gasteiger partial charge in [-0.2, -0.15) is 5.10 Å². The Labute approximate surface area is 150 Å². The number of carbonyl (C=O) groups is 1. The molecule has 0 unspecified atom stereocenters. The highest BCUT2D eigenvalue weighted by molar-refractivity contribution is 5.77. The van der Waals surface area contributed by atoms with E-state index in [2.05, 4.69) is 20.5 Å². The molecule has 1 aromatic carbocycles. The minimum absolute atomic E-state index is 0.0744. The van der Waals surface area contributed by atoms with Crippen LogP contribution in [-0.2, 0) is 29.2 Å². The Kier molecular flexibility index (Phi) is 5.75. The van der Waals surface area contributed by atoms with E-state index in [-0.39, 0.29) is 11.5 Å². The third-order valence-electron chi connectivity index (χ3n) is 3.99. The molecule has 0 saturated carbocycles. The largest absolute Gasteiger partial charge is 0.378 e. The molecule has 2 heterocycles. The van der Waals surface area contributed by atoms with E-state index < -0.39 is 0 Å². The summed E-state index contributed by atoms with van der Waals surface area (Å²) >= 11 is 0. The lowest BCUT2D eigenvalue weighted by atomic mass is 10.2. The summed E-state index contributed by atoms with van der Waals surface area (Å²) < 4.78 is 6.54. The molecule has 0 atom stereocenters. The molecule has 8 heteroatoms. The molecule has 3 aromatic rings. The number of fused-ring (bicyclic) bond motifs is 1. The maximum atomic E-state index is 12.4. The predicted molar refractivity (Wildman–Crippen MR) is 96.4 cm³/mol. The van der Waals surface area contributed by atoms with E-state index in [1.54, 1.807) is 17.7 Å². The van der Waals surface area contributed by atoms with Crippen LogP contribution in [0.4, 0.5) is 0 Å². The van der Waals surface area contributed by atoms with Gasteiger partial charge in [0.1, 0.15) is 0 Å². The summed E-state index contributed by atoms with van der Waals surface area (Å²) in [6.45, 7) is 1.26. The fourth-order valence-corrected chi connectivity index (χ4v) is 2.68. The number of ether oxygens (including phenoxy) is 1. The van der Waals surface area contributed by atoms with E-state index >= 15 is 0 Å². The van der Waals surface area contributed by atoms with Crippen LogP contribution >= 0.6 is 0 Å². The second-order valence-corrected chi connectivity index (χ2v) is 5.96. The van der Waals surface area contributed by atoms with Crippen LogP contribution < -0.4 is 10.9 Å². The Morgan fingerprint density at radius 1 is 1.35 bits per heavy atom. The third kappa shape index (κ3) is 4.34. The van der Waals surface area contributed by atoms with Crippen molar-refractivity contribution in [1.29, 1.82) is 0 Å². The van der Waals surface area contributed by atoms with Crippen LogP contribution in [0.5, 0.6) is 0 Å². The van der Waals surface area contributed by atoms with Gasteiger partial charge in [-0.1, -0.05) is 12.1 Å². The van der Waals surface area contributed by atoms with Gasteiger partial charge in [-0.3, -0.25) is 19.3 Å². The topological polar surface area (TPSA) is 102 Å². The molecule has 0 aliphatic heterocycles. The van der Waals surface area contributed by atoms with Crippen molar-refractivity contribution in [2.24, 2.45) is 0 Å². The fraction of sp³-hybridized carbons (Fsp3) is 0.333. The minimum Gasteiger partial charge on any atom is -0.378 e. The Morgan fingerprint density at radius 2 is 2.19 bits per heavy atom. The van der Waals surface area contributed by atoms with Gasteiger partial charge in [-0.25, -0.2) is 4.98 Å². The molecule has 0 aliphatic rings. The predicted octanol–water partition coefficient (Wildman–Crippen LogP) is 1.36. The number of para-hydroxylation sites is 1. The molecule has 0 spiro atoms. The van der Waals surface area contributed by atoms with Crippen LogP contribution in [-0.4, -0.2) is 32.8 Å². The van der Waals surface area contributed by atoms with Gasteiger partial charge in [0, 0.05) is 20.1 Å². The highest BCUT2D eigenvalue weighted by Gasteiger charge is 2.06. The number of rotatable bonds is 8. The molecule has 136 valence electrons. The lowest BCUT2D eigenvalue weighted by molar-refractivity contribution is -0.121.